The Hall–Kier alpha value is -2.85. The van der Waals surface area contributed by atoms with E-state index < -0.39 is 11.9 Å². The number of rotatable bonds is 5. The van der Waals surface area contributed by atoms with E-state index in [4.69, 9.17) is 16.3 Å². The minimum Gasteiger partial charge on any atom is -0.462 e. The molecule has 1 heterocycles. The number of esters is 1. The van der Waals surface area contributed by atoms with Crippen LogP contribution in [0.1, 0.15) is 50.7 Å². The van der Waals surface area contributed by atoms with Crippen LogP contribution in [0.15, 0.2) is 77.1 Å². The third-order valence-electron chi connectivity index (χ3n) is 6.13. The number of ketones is 1. The monoisotopic (exact) mass is 449 g/mol. The Bertz CT molecular complexity index is 1100. The van der Waals surface area contributed by atoms with Crippen molar-refractivity contribution in [3.8, 4) is 0 Å². The Morgan fingerprint density at radius 2 is 1.78 bits per heavy atom. The van der Waals surface area contributed by atoms with Crippen molar-refractivity contribution in [2.45, 2.75) is 46.0 Å². The van der Waals surface area contributed by atoms with Gasteiger partial charge in [-0.05, 0) is 42.0 Å². The fourth-order valence-corrected chi connectivity index (χ4v) is 4.81. The first-order chi connectivity index (χ1) is 15.2. The summed E-state index contributed by atoms with van der Waals surface area (Å²) in [5, 5.41) is 3.98. The first-order valence-corrected chi connectivity index (χ1v) is 11.3. The van der Waals surface area contributed by atoms with E-state index in [1.807, 2.05) is 49.4 Å². The summed E-state index contributed by atoms with van der Waals surface area (Å²) in [7, 11) is 0. The molecular weight excluding hydrogens is 422 g/mol. The van der Waals surface area contributed by atoms with Gasteiger partial charge in [0.25, 0.3) is 0 Å². The molecule has 0 fully saturated rings. The first-order valence-electron chi connectivity index (χ1n) is 11.0. The van der Waals surface area contributed by atoms with Gasteiger partial charge in [0.1, 0.15) is 0 Å². The average molecular weight is 450 g/mol. The van der Waals surface area contributed by atoms with E-state index in [1.165, 1.54) is 0 Å². The van der Waals surface area contributed by atoms with Gasteiger partial charge in [0.15, 0.2) is 5.78 Å². The summed E-state index contributed by atoms with van der Waals surface area (Å²) in [6.07, 6.45) is 1.85. The van der Waals surface area contributed by atoms with Gasteiger partial charge in [-0.1, -0.05) is 67.9 Å². The number of dihydropyridines is 1. The quantitative estimate of drug-likeness (QED) is 0.592. The van der Waals surface area contributed by atoms with E-state index in [-0.39, 0.29) is 17.8 Å². The molecule has 0 saturated heterocycles. The third-order valence-corrected chi connectivity index (χ3v) is 6.38. The first kappa shape index (κ1) is 22.3. The number of Topliss-reactive ketones (excluding diaryl/α,β-unsaturated/α-hetero) is 1. The fourth-order valence-electron chi connectivity index (χ4n) is 4.68. The number of carbonyl (C=O) groups is 2. The molecule has 5 heteroatoms. The van der Waals surface area contributed by atoms with Crippen LogP contribution >= 0.6 is 11.6 Å². The van der Waals surface area contributed by atoms with Crippen LogP contribution in [0.5, 0.6) is 0 Å². The molecule has 2 aliphatic rings. The van der Waals surface area contributed by atoms with Gasteiger partial charge in [0.2, 0.25) is 0 Å². The predicted molar refractivity (Wildman–Crippen MR) is 126 cm³/mol. The van der Waals surface area contributed by atoms with E-state index in [1.54, 1.807) is 12.1 Å². The molecular formula is C27H28ClNO3. The lowest BCUT2D eigenvalue weighted by molar-refractivity contribution is -0.139. The van der Waals surface area contributed by atoms with E-state index in [0.29, 0.717) is 29.0 Å². The number of carbonyl (C=O) groups excluding carboxylic acids is 2. The average Bonchev–Trinajstić information content (AvgIpc) is 2.73. The zero-order chi connectivity index (χ0) is 22.9. The molecule has 0 amide bonds. The Labute approximate surface area is 194 Å². The number of allylic oxidation sites excluding steroid dienone is 3. The van der Waals surface area contributed by atoms with Crippen molar-refractivity contribution in [3.63, 3.8) is 0 Å². The molecule has 0 radical (unpaired) electrons. The lowest BCUT2D eigenvalue weighted by Crippen LogP contribution is -2.38. The Kier molecular flexibility index (Phi) is 6.25. The van der Waals surface area contributed by atoms with Crippen LogP contribution in [0, 0.1) is 5.41 Å². The number of nitrogens with one attached hydrogen (secondary N) is 1. The van der Waals surface area contributed by atoms with E-state index in [0.717, 1.165) is 28.9 Å². The Balaban J connectivity index is 1.66. The second-order valence-electron chi connectivity index (χ2n) is 9.35. The van der Waals surface area contributed by atoms with Gasteiger partial charge in [-0.3, -0.25) is 4.79 Å². The highest BCUT2D eigenvalue weighted by molar-refractivity contribution is 6.30. The molecule has 0 unspecified atom stereocenters. The maximum Gasteiger partial charge on any atom is 0.336 e. The number of hydrogen-bond acceptors (Lipinski definition) is 4. The number of ether oxygens (including phenoxy) is 1. The topological polar surface area (TPSA) is 55.4 Å². The maximum atomic E-state index is 13.3. The van der Waals surface area contributed by atoms with Gasteiger partial charge >= 0.3 is 5.97 Å². The molecule has 1 aliphatic heterocycles. The normalized spacial score (nSPS) is 20.0. The SMILES string of the molecule is CC1=C(C(=O)OCCc2ccccc2)[C@@H](c2ccc(Cl)cc2)C2=C(CC(C)(C)CC2=O)N1. The molecule has 0 bridgehead atoms. The van der Waals surface area contributed by atoms with Gasteiger partial charge in [0.05, 0.1) is 12.2 Å². The van der Waals surface area contributed by atoms with Crippen molar-refractivity contribution in [2.75, 3.05) is 6.61 Å². The van der Waals surface area contributed by atoms with Gasteiger partial charge in [0, 0.05) is 40.7 Å². The van der Waals surface area contributed by atoms with Crippen LogP contribution in [0.4, 0.5) is 0 Å². The summed E-state index contributed by atoms with van der Waals surface area (Å²) in [5.41, 5.74) is 4.66. The zero-order valence-corrected chi connectivity index (χ0v) is 19.5. The standard InChI is InChI=1S/C27H28ClNO3/c1-17-23(26(31)32-14-13-18-7-5-4-6-8-18)24(19-9-11-20(28)12-10-19)25-21(29-17)15-27(2,3)16-22(25)30/h4-12,24,29H,13-16H2,1-3H3/t24-/m1/s1. The highest BCUT2D eigenvalue weighted by Crippen LogP contribution is 2.46. The Morgan fingerprint density at radius 3 is 2.47 bits per heavy atom. The smallest absolute Gasteiger partial charge is 0.336 e. The van der Waals surface area contributed by atoms with Crippen molar-refractivity contribution in [1.29, 1.82) is 0 Å². The van der Waals surface area contributed by atoms with E-state index in [9.17, 15) is 9.59 Å². The van der Waals surface area contributed by atoms with Crippen LogP contribution in [0.2, 0.25) is 5.02 Å². The molecule has 2 aromatic rings. The third kappa shape index (κ3) is 4.66. The van der Waals surface area contributed by atoms with Gasteiger partial charge in [-0.25, -0.2) is 4.79 Å². The van der Waals surface area contributed by atoms with Crippen LogP contribution in [0.25, 0.3) is 0 Å². The molecule has 0 saturated carbocycles. The molecule has 166 valence electrons. The second-order valence-corrected chi connectivity index (χ2v) is 9.79. The number of hydrogen-bond donors (Lipinski definition) is 1. The predicted octanol–water partition coefficient (Wildman–Crippen LogP) is 5.73. The Morgan fingerprint density at radius 1 is 1.09 bits per heavy atom. The van der Waals surface area contributed by atoms with Crippen molar-refractivity contribution in [1.82, 2.24) is 5.32 Å². The summed E-state index contributed by atoms with van der Waals surface area (Å²) in [6.45, 7) is 6.35. The molecule has 2 aromatic carbocycles. The fraction of sp³-hybridized carbons (Fsp3) is 0.333. The van der Waals surface area contributed by atoms with Crippen LogP contribution in [-0.4, -0.2) is 18.4 Å². The summed E-state index contributed by atoms with van der Waals surface area (Å²) in [4.78, 5) is 26.5. The van der Waals surface area contributed by atoms with Crippen LogP contribution < -0.4 is 5.32 Å². The summed E-state index contributed by atoms with van der Waals surface area (Å²) >= 11 is 6.11. The maximum absolute atomic E-state index is 13.3. The summed E-state index contributed by atoms with van der Waals surface area (Å²) in [5.74, 6) is -0.780. The van der Waals surface area contributed by atoms with Crippen molar-refractivity contribution in [2.24, 2.45) is 5.41 Å². The summed E-state index contributed by atoms with van der Waals surface area (Å²) < 4.78 is 5.69. The molecule has 0 spiro atoms. The molecule has 1 aliphatic carbocycles. The molecule has 1 atom stereocenters. The number of benzene rings is 2. The van der Waals surface area contributed by atoms with Gasteiger partial charge < -0.3 is 10.1 Å². The molecule has 4 nitrogen and oxygen atoms in total. The second kappa shape index (κ2) is 8.95. The van der Waals surface area contributed by atoms with Crippen molar-refractivity contribution in [3.05, 3.63) is 93.3 Å². The largest absolute Gasteiger partial charge is 0.462 e. The van der Waals surface area contributed by atoms with E-state index >= 15 is 0 Å². The van der Waals surface area contributed by atoms with Crippen molar-refractivity contribution >= 4 is 23.4 Å². The van der Waals surface area contributed by atoms with E-state index in [2.05, 4.69) is 19.2 Å². The summed E-state index contributed by atoms with van der Waals surface area (Å²) in [6, 6.07) is 17.3. The highest BCUT2D eigenvalue weighted by Gasteiger charge is 2.43. The van der Waals surface area contributed by atoms with Crippen LogP contribution in [0.3, 0.4) is 0 Å². The molecule has 32 heavy (non-hydrogen) atoms. The molecule has 0 aromatic heterocycles. The minimum absolute atomic E-state index is 0.0748. The van der Waals surface area contributed by atoms with Gasteiger partial charge in [-0.2, -0.15) is 0 Å². The zero-order valence-electron chi connectivity index (χ0n) is 18.7. The van der Waals surface area contributed by atoms with Crippen molar-refractivity contribution < 1.29 is 14.3 Å². The highest BCUT2D eigenvalue weighted by atomic mass is 35.5. The van der Waals surface area contributed by atoms with Crippen LogP contribution in [-0.2, 0) is 20.7 Å². The number of halogens is 1. The molecule has 4 rings (SSSR count). The lowest BCUT2D eigenvalue weighted by atomic mass is 9.68. The van der Waals surface area contributed by atoms with Gasteiger partial charge in [-0.15, -0.1) is 0 Å². The molecule has 1 N–H and O–H groups in total. The minimum atomic E-state index is -0.462. The lowest BCUT2D eigenvalue weighted by Gasteiger charge is -2.39.